The summed E-state index contributed by atoms with van der Waals surface area (Å²) in [5.74, 6) is -0.142. The zero-order chi connectivity index (χ0) is 16.6. The van der Waals surface area contributed by atoms with Crippen LogP contribution >= 0.6 is 0 Å². The first kappa shape index (κ1) is 18.0. The highest BCUT2D eigenvalue weighted by atomic mass is 16.2. The van der Waals surface area contributed by atoms with Gasteiger partial charge in [-0.15, -0.1) is 0 Å². The minimum atomic E-state index is -0.256. The van der Waals surface area contributed by atoms with Crippen molar-refractivity contribution in [2.24, 2.45) is 11.3 Å². The van der Waals surface area contributed by atoms with Gasteiger partial charge in [-0.05, 0) is 46.5 Å². The van der Waals surface area contributed by atoms with Gasteiger partial charge in [0, 0.05) is 24.0 Å². The van der Waals surface area contributed by atoms with Gasteiger partial charge in [-0.3, -0.25) is 9.59 Å². The van der Waals surface area contributed by atoms with Gasteiger partial charge < -0.3 is 10.2 Å². The van der Waals surface area contributed by atoms with E-state index in [1.807, 2.05) is 25.7 Å². The summed E-state index contributed by atoms with van der Waals surface area (Å²) in [6, 6.07) is 0. The van der Waals surface area contributed by atoms with Gasteiger partial charge in [-0.1, -0.05) is 20.8 Å². The van der Waals surface area contributed by atoms with Crippen LogP contribution in [0.2, 0.25) is 0 Å². The molecule has 1 aliphatic heterocycles. The van der Waals surface area contributed by atoms with E-state index in [0.29, 0.717) is 13.0 Å². The molecule has 0 aromatic heterocycles. The molecule has 1 heterocycles. The third-order valence-corrected chi connectivity index (χ3v) is 3.74. The van der Waals surface area contributed by atoms with E-state index in [4.69, 9.17) is 0 Å². The summed E-state index contributed by atoms with van der Waals surface area (Å²) in [7, 11) is 0. The average Bonchev–Trinajstić information content (AvgIpc) is 2.54. The fraction of sp³-hybridized carbons (Fsp3) is 0.882. The van der Waals surface area contributed by atoms with Gasteiger partial charge in [0.1, 0.15) is 0 Å². The minimum Gasteiger partial charge on any atom is -0.351 e. The lowest BCUT2D eigenvalue weighted by molar-refractivity contribution is -0.132. The van der Waals surface area contributed by atoms with Crippen molar-refractivity contribution in [3.63, 3.8) is 0 Å². The minimum absolute atomic E-state index is 0.00403. The fourth-order valence-electron chi connectivity index (χ4n) is 3.34. The van der Waals surface area contributed by atoms with Crippen molar-refractivity contribution < 1.29 is 9.59 Å². The zero-order valence-electron chi connectivity index (χ0n) is 15.0. The molecule has 0 bridgehead atoms. The number of nitrogens with zero attached hydrogens (tertiary/aromatic N) is 1. The molecule has 0 saturated carbocycles. The number of hydrogen-bond donors (Lipinski definition) is 1. The van der Waals surface area contributed by atoms with E-state index in [1.54, 1.807) is 0 Å². The van der Waals surface area contributed by atoms with Crippen LogP contribution in [0.4, 0.5) is 0 Å². The third kappa shape index (κ3) is 5.33. The largest absolute Gasteiger partial charge is 0.351 e. The first-order valence-electron chi connectivity index (χ1n) is 7.84. The highest BCUT2D eigenvalue weighted by Gasteiger charge is 2.40. The number of carbonyl (C=O) groups is 2. The molecule has 1 unspecified atom stereocenters. The number of rotatable bonds is 3. The molecule has 21 heavy (non-hydrogen) atoms. The number of carbonyl (C=O) groups excluding carboxylic acids is 2. The number of likely N-dealkylation sites (tertiary alicyclic amines) is 1. The molecule has 0 aromatic carbocycles. The van der Waals surface area contributed by atoms with Gasteiger partial charge in [-0.2, -0.15) is 0 Å². The van der Waals surface area contributed by atoms with Gasteiger partial charge in [0.05, 0.1) is 5.92 Å². The first-order valence-corrected chi connectivity index (χ1v) is 7.84. The van der Waals surface area contributed by atoms with Crippen molar-refractivity contribution in [2.75, 3.05) is 6.54 Å². The second-order valence-electron chi connectivity index (χ2n) is 9.19. The van der Waals surface area contributed by atoms with Gasteiger partial charge in [-0.25, -0.2) is 0 Å². The summed E-state index contributed by atoms with van der Waals surface area (Å²) in [6.45, 7) is 17.2. The Morgan fingerprint density at radius 3 is 2.05 bits per heavy atom. The van der Waals surface area contributed by atoms with E-state index in [2.05, 4.69) is 39.9 Å². The average molecular weight is 296 g/mol. The lowest BCUT2D eigenvalue weighted by Gasteiger charge is -2.34. The second-order valence-corrected chi connectivity index (χ2v) is 9.19. The van der Waals surface area contributed by atoms with Crippen LogP contribution in [-0.4, -0.2) is 34.3 Å². The van der Waals surface area contributed by atoms with E-state index in [9.17, 15) is 9.59 Å². The van der Waals surface area contributed by atoms with E-state index in [-0.39, 0.29) is 34.2 Å². The highest BCUT2D eigenvalue weighted by Crippen LogP contribution is 2.29. The second kappa shape index (κ2) is 5.62. The van der Waals surface area contributed by atoms with Gasteiger partial charge in [0.2, 0.25) is 11.8 Å². The first-order chi connectivity index (χ1) is 9.21. The van der Waals surface area contributed by atoms with Crippen molar-refractivity contribution >= 4 is 11.8 Å². The molecule has 0 aliphatic carbocycles. The molecule has 4 heteroatoms. The highest BCUT2D eigenvalue weighted by molar-refractivity contribution is 5.89. The fourth-order valence-corrected chi connectivity index (χ4v) is 3.34. The van der Waals surface area contributed by atoms with Gasteiger partial charge in [0.25, 0.3) is 0 Å². The number of hydrogen-bond acceptors (Lipinski definition) is 2. The Morgan fingerprint density at radius 2 is 1.67 bits per heavy atom. The van der Waals surface area contributed by atoms with Crippen molar-refractivity contribution in [3.05, 3.63) is 0 Å². The van der Waals surface area contributed by atoms with E-state index in [0.717, 1.165) is 6.42 Å². The van der Waals surface area contributed by atoms with Crippen molar-refractivity contribution in [1.29, 1.82) is 0 Å². The predicted octanol–water partition coefficient (Wildman–Crippen LogP) is 2.96. The molecule has 1 N–H and O–H groups in total. The summed E-state index contributed by atoms with van der Waals surface area (Å²) in [5.41, 5.74) is -0.319. The molecule has 2 amide bonds. The van der Waals surface area contributed by atoms with Crippen molar-refractivity contribution in [1.82, 2.24) is 10.2 Å². The molecule has 0 spiro atoms. The molecule has 1 aliphatic rings. The number of amides is 2. The Bertz CT molecular complexity index is 413. The summed E-state index contributed by atoms with van der Waals surface area (Å²) < 4.78 is 0. The van der Waals surface area contributed by atoms with E-state index in [1.165, 1.54) is 0 Å². The Hall–Kier alpha value is -1.06. The molecular formula is C17H32N2O2. The van der Waals surface area contributed by atoms with Crippen molar-refractivity contribution in [2.45, 2.75) is 79.3 Å². The predicted molar refractivity (Wildman–Crippen MR) is 85.9 cm³/mol. The van der Waals surface area contributed by atoms with Gasteiger partial charge >= 0.3 is 0 Å². The molecule has 0 radical (unpaired) electrons. The topological polar surface area (TPSA) is 49.4 Å². The van der Waals surface area contributed by atoms with E-state index < -0.39 is 0 Å². The molecule has 122 valence electrons. The molecular weight excluding hydrogens is 264 g/mol. The van der Waals surface area contributed by atoms with Crippen LogP contribution in [0.25, 0.3) is 0 Å². The Labute approximate surface area is 129 Å². The Morgan fingerprint density at radius 1 is 1.14 bits per heavy atom. The zero-order valence-corrected chi connectivity index (χ0v) is 15.0. The standard InChI is InChI=1S/C17H32N2O2/c1-15(2,3)11-17(7,8)18-14(21)12-9-13(20)19(10-12)16(4,5)6/h12H,9-11H2,1-8H3,(H,18,21). The summed E-state index contributed by atoms with van der Waals surface area (Å²) >= 11 is 0. The third-order valence-electron chi connectivity index (χ3n) is 3.74. The van der Waals surface area contributed by atoms with Crippen LogP contribution in [0.5, 0.6) is 0 Å². The summed E-state index contributed by atoms with van der Waals surface area (Å²) in [5, 5.41) is 3.13. The van der Waals surface area contributed by atoms with Crippen molar-refractivity contribution in [3.8, 4) is 0 Å². The van der Waals surface area contributed by atoms with Crippen LogP contribution in [0, 0.1) is 11.3 Å². The van der Waals surface area contributed by atoms with Crippen LogP contribution in [0.3, 0.4) is 0 Å². The normalized spacial score (nSPS) is 20.9. The maximum atomic E-state index is 12.5. The van der Waals surface area contributed by atoms with Gasteiger partial charge in [0.15, 0.2) is 0 Å². The van der Waals surface area contributed by atoms with Crippen LogP contribution in [0.1, 0.15) is 68.2 Å². The monoisotopic (exact) mass is 296 g/mol. The maximum Gasteiger partial charge on any atom is 0.225 e. The summed E-state index contributed by atoms with van der Waals surface area (Å²) in [6.07, 6.45) is 1.23. The summed E-state index contributed by atoms with van der Waals surface area (Å²) in [4.78, 5) is 26.4. The molecule has 1 rings (SSSR count). The molecule has 0 aromatic rings. The lowest BCUT2D eigenvalue weighted by Crippen LogP contribution is -2.49. The van der Waals surface area contributed by atoms with Crippen LogP contribution in [0.15, 0.2) is 0 Å². The lowest BCUT2D eigenvalue weighted by atomic mass is 9.81. The maximum absolute atomic E-state index is 12.5. The molecule has 1 saturated heterocycles. The Kier molecular flexibility index (Phi) is 4.81. The quantitative estimate of drug-likeness (QED) is 0.870. The van der Waals surface area contributed by atoms with E-state index >= 15 is 0 Å². The molecule has 1 fully saturated rings. The smallest absolute Gasteiger partial charge is 0.225 e. The SMILES string of the molecule is CC(C)(C)CC(C)(C)NC(=O)C1CC(=O)N(C(C)(C)C)C1. The molecule has 4 nitrogen and oxygen atoms in total. The van der Waals surface area contributed by atoms with Crippen LogP contribution < -0.4 is 5.32 Å². The number of nitrogens with one attached hydrogen (secondary N) is 1. The molecule has 1 atom stereocenters. The Balaban J connectivity index is 2.68. The van der Waals surface area contributed by atoms with Crippen LogP contribution in [-0.2, 0) is 9.59 Å².